The van der Waals surface area contributed by atoms with Crippen molar-refractivity contribution >= 4 is 45.6 Å². The van der Waals surface area contributed by atoms with Crippen molar-refractivity contribution < 1.29 is 17.9 Å². The summed E-state index contributed by atoms with van der Waals surface area (Å²) >= 11 is 0. The van der Waals surface area contributed by atoms with Crippen LogP contribution in [-0.4, -0.2) is 45.9 Å². The maximum absolute atomic E-state index is 12.1. The molecule has 0 radical (unpaired) electrons. The highest BCUT2D eigenvalue weighted by Gasteiger charge is 2.17. The first-order valence-corrected chi connectivity index (χ1v) is 11.6. The van der Waals surface area contributed by atoms with Crippen molar-refractivity contribution in [3.8, 4) is 11.5 Å². The van der Waals surface area contributed by atoms with Gasteiger partial charge < -0.3 is 20.5 Å². The molecule has 0 spiro atoms. The first-order valence-electron chi connectivity index (χ1n) is 9.99. The third kappa shape index (κ3) is 9.42. The van der Waals surface area contributed by atoms with Gasteiger partial charge in [0.2, 0.25) is 10.0 Å². The molecule has 1 fully saturated rings. The molecule has 2 aromatic carbocycles. The molecule has 0 aromatic heterocycles. The zero-order valence-electron chi connectivity index (χ0n) is 17.2. The molecule has 1 aliphatic heterocycles. The van der Waals surface area contributed by atoms with Crippen LogP contribution in [0, 0.1) is 0 Å². The molecule has 0 bridgehead atoms. The Morgan fingerprint density at radius 2 is 1.90 bits per heavy atom. The van der Waals surface area contributed by atoms with E-state index < -0.39 is 10.0 Å². The van der Waals surface area contributed by atoms with Crippen molar-refractivity contribution in [1.82, 2.24) is 4.72 Å². The molecule has 0 amide bonds. The van der Waals surface area contributed by atoms with E-state index in [2.05, 4.69) is 15.0 Å². The SMILES string of the molecule is I.NC(=NCCS(=O)(=O)NCC1CCCCO1)Nc1cccc(Oc2ccccc2)c1. The molecular formula is C21H29IN4O4S. The molecule has 1 heterocycles. The Morgan fingerprint density at radius 1 is 1.13 bits per heavy atom. The molecule has 1 atom stereocenters. The van der Waals surface area contributed by atoms with Gasteiger partial charge in [0.15, 0.2) is 5.96 Å². The predicted octanol–water partition coefficient (Wildman–Crippen LogP) is 3.31. The normalized spacial score (nSPS) is 16.9. The first kappa shape index (κ1) is 25.4. The van der Waals surface area contributed by atoms with E-state index in [1.807, 2.05) is 48.5 Å². The third-order valence-corrected chi connectivity index (χ3v) is 5.86. The molecule has 3 rings (SSSR count). The molecular weight excluding hydrogens is 531 g/mol. The Balaban J connectivity index is 0.00000341. The number of sulfonamides is 1. The van der Waals surface area contributed by atoms with Crippen molar-refractivity contribution in [2.24, 2.45) is 10.7 Å². The third-order valence-electron chi connectivity index (χ3n) is 4.53. The number of nitrogens with one attached hydrogen (secondary N) is 2. The van der Waals surface area contributed by atoms with E-state index >= 15 is 0 Å². The van der Waals surface area contributed by atoms with Gasteiger partial charge in [-0.15, -0.1) is 24.0 Å². The monoisotopic (exact) mass is 560 g/mol. The first-order chi connectivity index (χ1) is 14.5. The fourth-order valence-corrected chi connectivity index (χ4v) is 3.91. The zero-order valence-corrected chi connectivity index (χ0v) is 20.3. The highest BCUT2D eigenvalue weighted by Crippen LogP contribution is 2.23. The van der Waals surface area contributed by atoms with Gasteiger partial charge in [-0.05, 0) is 43.5 Å². The van der Waals surface area contributed by atoms with Crippen LogP contribution in [0.5, 0.6) is 11.5 Å². The maximum Gasteiger partial charge on any atom is 0.213 e. The van der Waals surface area contributed by atoms with Crippen molar-refractivity contribution in [2.75, 3.05) is 30.8 Å². The summed E-state index contributed by atoms with van der Waals surface area (Å²) in [7, 11) is -3.43. The van der Waals surface area contributed by atoms with Crippen molar-refractivity contribution in [3.05, 3.63) is 54.6 Å². The van der Waals surface area contributed by atoms with Gasteiger partial charge in [0, 0.05) is 24.9 Å². The number of para-hydroxylation sites is 1. The highest BCUT2D eigenvalue weighted by molar-refractivity contribution is 14.0. The van der Waals surface area contributed by atoms with E-state index in [1.165, 1.54) is 0 Å². The molecule has 0 saturated carbocycles. The molecule has 4 N–H and O–H groups in total. The van der Waals surface area contributed by atoms with Gasteiger partial charge in [-0.1, -0.05) is 24.3 Å². The Labute approximate surface area is 200 Å². The summed E-state index contributed by atoms with van der Waals surface area (Å²) in [6.07, 6.45) is 2.93. The maximum atomic E-state index is 12.1. The lowest BCUT2D eigenvalue weighted by Gasteiger charge is -2.22. The van der Waals surface area contributed by atoms with Crippen molar-refractivity contribution in [3.63, 3.8) is 0 Å². The smallest absolute Gasteiger partial charge is 0.213 e. The number of ether oxygens (including phenoxy) is 2. The summed E-state index contributed by atoms with van der Waals surface area (Å²) in [5.41, 5.74) is 6.59. The minimum absolute atomic E-state index is 0. The summed E-state index contributed by atoms with van der Waals surface area (Å²) in [4.78, 5) is 4.11. The van der Waals surface area contributed by atoms with E-state index in [-0.39, 0.29) is 48.3 Å². The fourth-order valence-electron chi connectivity index (χ4n) is 3.00. The van der Waals surface area contributed by atoms with Gasteiger partial charge in [0.05, 0.1) is 18.4 Å². The number of nitrogens with two attached hydrogens (primary N) is 1. The number of guanidine groups is 1. The molecule has 1 aliphatic rings. The second kappa shape index (κ2) is 12.8. The van der Waals surface area contributed by atoms with Crippen LogP contribution in [0.15, 0.2) is 59.6 Å². The molecule has 8 nitrogen and oxygen atoms in total. The van der Waals surface area contributed by atoms with E-state index in [4.69, 9.17) is 15.2 Å². The summed E-state index contributed by atoms with van der Waals surface area (Å²) in [6, 6.07) is 16.7. The number of benzene rings is 2. The summed E-state index contributed by atoms with van der Waals surface area (Å²) in [5.74, 6) is 1.38. The lowest BCUT2D eigenvalue weighted by molar-refractivity contribution is 0.0200. The number of nitrogens with zero attached hydrogens (tertiary/aromatic N) is 1. The zero-order chi connectivity index (χ0) is 21.2. The average Bonchev–Trinajstić information content (AvgIpc) is 2.74. The number of hydrogen-bond donors (Lipinski definition) is 3. The average molecular weight is 560 g/mol. The van der Waals surface area contributed by atoms with Gasteiger partial charge in [-0.2, -0.15) is 0 Å². The molecule has 0 aliphatic carbocycles. The van der Waals surface area contributed by atoms with Crippen LogP contribution < -0.4 is 20.5 Å². The van der Waals surface area contributed by atoms with Gasteiger partial charge >= 0.3 is 0 Å². The largest absolute Gasteiger partial charge is 0.457 e. The second-order valence-corrected chi connectivity index (χ2v) is 8.92. The van der Waals surface area contributed by atoms with E-state index in [1.54, 1.807) is 6.07 Å². The van der Waals surface area contributed by atoms with E-state index in [9.17, 15) is 8.42 Å². The van der Waals surface area contributed by atoms with E-state index in [0.717, 1.165) is 25.0 Å². The lowest BCUT2D eigenvalue weighted by Crippen LogP contribution is -2.37. The minimum atomic E-state index is -3.43. The van der Waals surface area contributed by atoms with Gasteiger partial charge in [0.1, 0.15) is 11.5 Å². The van der Waals surface area contributed by atoms with Crippen molar-refractivity contribution in [2.45, 2.75) is 25.4 Å². The minimum Gasteiger partial charge on any atom is -0.457 e. The molecule has 31 heavy (non-hydrogen) atoms. The van der Waals surface area contributed by atoms with Crippen molar-refractivity contribution in [1.29, 1.82) is 0 Å². The summed E-state index contributed by atoms with van der Waals surface area (Å²) in [6.45, 7) is 1.05. The molecule has 10 heteroatoms. The molecule has 1 saturated heterocycles. The lowest BCUT2D eigenvalue weighted by atomic mass is 10.1. The second-order valence-electron chi connectivity index (χ2n) is 6.99. The number of hydrogen-bond acceptors (Lipinski definition) is 5. The number of aliphatic imine (C=N–C) groups is 1. The Kier molecular flexibility index (Phi) is 10.5. The van der Waals surface area contributed by atoms with Gasteiger partial charge in [0.25, 0.3) is 0 Å². The Hall–Kier alpha value is -1.89. The fraction of sp³-hybridized carbons (Fsp3) is 0.381. The Bertz CT molecular complexity index is 935. The molecule has 2 aromatic rings. The standard InChI is InChI=1S/C21H28N4O4S.HI/c22-21(23-12-14-30(26,27)24-16-20-10-4-5-13-28-20)25-17-7-6-11-19(15-17)29-18-8-2-1-3-9-18;/h1-3,6-9,11,15,20,24H,4-5,10,12-14,16H2,(H3,22,23,25);1H. The topological polar surface area (TPSA) is 115 Å². The summed E-state index contributed by atoms with van der Waals surface area (Å²) in [5, 5.41) is 2.95. The number of halogens is 1. The van der Waals surface area contributed by atoms with Gasteiger partial charge in [-0.3, -0.25) is 4.99 Å². The van der Waals surface area contributed by atoms with Crippen LogP contribution in [0.25, 0.3) is 0 Å². The Morgan fingerprint density at radius 3 is 2.65 bits per heavy atom. The van der Waals surface area contributed by atoms with Crippen LogP contribution in [0.4, 0.5) is 5.69 Å². The highest BCUT2D eigenvalue weighted by atomic mass is 127. The van der Waals surface area contributed by atoms with Crippen LogP contribution in [-0.2, 0) is 14.8 Å². The van der Waals surface area contributed by atoms with Gasteiger partial charge in [-0.25, -0.2) is 13.1 Å². The van der Waals surface area contributed by atoms with Crippen LogP contribution in [0.2, 0.25) is 0 Å². The number of rotatable bonds is 9. The van der Waals surface area contributed by atoms with Crippen LogP contribution in [0.3, 0.4) is 0 Å². The molecule has 1 unspecified atom stereocenters. The van der Waals surface area contributed by atoms with Crippen LogP contribution >= 0.6 is 24.0 Å². The molecule has 170 valence electrons. The van der Waals surface area contributed by atoms with E-state index in [0.29, 0.717) is 24.6 Å². The summed E-state index contributed by atoms with van der Waals surface area (Å²) < 4.78 is 38.1. The predicted molar refractivity (Wildman–Crippen MR) is 134 cm³/mol. The van der Waals surface area contributed by atoms with Crippen LogP contribution in [0.1, 0.15) is 19.3 Å². The number of anilines is 1. The quantitative estimate of drug-likeness (QED) is 0.246.